The van der Waals surface area contributed by atoms with Crippen molar-refractivity contribution in [3.63, 3.8) is 0 Å². The average molecular weight is 348 g/mol. The van der Waals surface area contributed by atoms with Crippen LogP contribution in [0.3, 0.4) is 0 Å². The first kappa shape index (κ1) is 18.9. The van der Waals surface area contributed by atoms with Crippen molar-refractivity contribution in [3.05, 3.63) is 29.8 Å². The van der Waals surface area contributed by atoms with Crippen LogP contribution in [-0.4, -0.2) is 35.9 Å². The minimum Gasteiger partial charge on any atom is -0.274 e. The molecule has 0 heterocycles. The molecule has 0 aromatic heterocycles. The number of anilines is 1. The van der Waals surface area contributed by atoms with E-state index in [1.54, 1.807) is 24.3 Å². The van der Waals surface area contributed by atoms with Gasteiger partial charge in [0.2, 0.25) is 20.0 Å². The van der Waals surface area contributed by atoms with Crippen molar-refractivity contribution in [2.75, 3.05) is 23.4 Å². The summed E-state index contributed by atoms with van der Waals surface area (Å²) < 4.78 is 50.2. The fourth-order valence-electron chi connectivity index (χ4n) is 1.67. The third kappa shape index (κ3) is 6.33. The van der Waals surface area contributed by atoms with Gasteiger partial charge in [0.15, 0.2) is 0 Å². The molecule has 1 N–H and O–H groups in total. The second-order valence-corrected chi connectivity index (χ2v) is 9.66. The Bertz CT molecular complexity index is 680. The lowest BCUT2D eigenvalue weighted by atomic mass is 10.2. The van der Waals surface area contributed by atoms with Gasteiger partial charge in [0, 0.05) is 13.6 Å². The van der Waals surface area contributed by atoms with Crippen molar-refractivity contribution in [1.29, 1.82) is 0 Å². The van der Waals surface area contributed by atoms with E-state index in [2.05, 4.69) is 4.72 Å². The molecule has 0 aliphatic rings. The first-order valence-electron chi connectivity index (χ1n) is 7.01. The van der Waals surface area contributed by atoms with Crippen molar-refractivity contribution in [2.24, 2.45) is 5.92 Å². The Hall–Kier alpha value is -1.12. The highest BCUT2D eigenvalue weighted by Crippen LogP contribution is 2.16. The van der Waals surface area contributed by atoms with Crippen LogP contribution < -0.4 is 9.03 Å². The number of benzene rings is 1. The zero-order valence-electron chi connectivity index (χ0n) is 13.4. The van der Waals surface area contributed by atoms with Gasteiger partial charge in [0.05, 0.1) is 17.7 Å². The molecule has 126 valence electrons. The van der Waals surface area contributed by atoms with E-state index < -0.39 is 20.0 Å². The zero-order chi connectivity index (χ0) is 17.0. The van der Waals surface area contributed by atoms with Gasteiger partial charge in [0.25, 0.3) is 0 Å². The van der Waals surface area contributed by atoms with Gasteiger partial charge in [0.1, 0.15) is 0 Å². The van der Waals surface area contributed by atoms with Gasteiger partial charge in [-0.05, 0) is 30.0 Å². The molecule has 1 aromatic rings. The summed E-state index contributed by atoms with van der Waals surface area (Å²) in [5.41, 5.74) is 1.31. The number of hydrogen-bond donors (Lipinski definition) is 1. The predicted molar refractivity (Wildman–Crippen MR) is 89.8 cm³/mol. The molecule has 8 heteroatoms. The van der Waals surface area contributed by atoms with Gasteiger partial charge in [-0.1, -0.05) is 26.0 Å². The van der Waals surface area contributed by atoms with Gasteiger partial charge in [-0.2, -0.15) is 0 Å². The molecule has 0 saturated carbocycles. The van der Waals surface area contributed by atoms with E-state index in [4.69, 9.17) is 0 Å². The second-order valence-electron chi connectivity index (χ2n) is 5.72. The molecular formula is C14H24N2O4S2. The number of nitrogens with zero attached hydrogens (tertiary/aromatic N) is 1. The molecule has 0 amide bonds. The van der Waals surface area contributed by atoms with E-state index in [1.165, 1.54) is 11.4 Å². The summed E-state index contributed by atoms with van der Waals surface area (Å²) in [5.74, 6) is 0.446. The van der Waals surface area contributed by atoms with Gasteiger partial charge in [-0.15, -0.1) is 0 Å². The third-order valence-corrected chi connectivity index (χ3v) is 5.82. The summed E-state index contributed by atoms with van der Waals surface area (Å²) in [4.78, 5) is 0. The molecule has 0 bridgehead atoms. The van der Waals surface area contributed by atoms with Gasteiger partial charge in [-0.3, -0.25) is 4.31 Å². The number of rotatable bonds is 8. The molecule has 1 rings (SSSR count). The van der Waals surface area contributed by atoms with Crippen LogP contribution >= 0.6 is 0 Å². The minimum atomic E-state index is -3.30. The summed E-state index contributed by atoms with van der Waals surface area (Å²) in [5, 5.41) is 0. The molecule has 0 unspecified atom stereocenters. The highest BCUT2D eigenvalue weighted by molar-refractivity contribution is 7.92. The molecule has 0 atom stereocenters. The Morgan fingerprint density at radius 2 is 1.64 bits per heavy atom. The zero-order valence-corrected chi connectivity index (χ0v) is 15.0. The fraction of sp³-hybridized carbons (Fsp3) is 0.571. The molecule has 0 saturated heterocycles. The van der Waals surface area contributed by atoms with Crippen LogP contribution in [0.25, 0.3) is 0 Å². The summed E-state index contributed by atoms with van der Waals surface area (Å²) in [6.07, 6.45) is 1.75. The maximum atomic E-state index is 11.8. The van der Waals surface area contributed by atoms with Crippen LogP contribution in [0.1, 0.15) is 25.8 Å². The van der Waals surface area contributed by atoms with Crippen molar-refractivity contribution in [1.82, 2.24) is 4.72 Å². The first-order chi connectivity index (χ1) is 10.0. The normalized spacial score (nSPS) is 12.6. The monoisotopic (exact) mass is 348 g/mol. The Morgan fingerprint density at radius 1 is 1.09 bits per heavy atom. The SMILES string of the molecule is CC(C)CCS(=O)(=O)NCc1ccc(N(C)S(C)(=O)=O)cc1. The second kappa shape index (κ2) is 7.43. The van der Waals surface area contributed by atoms with E-state index >= 15 is 0 Å². The Kier molecular flexibility index (Phi) is 6.39. The van der Waals surface area contributed by atoms with Gasteiger partial charge < -0.3 is 0 Å². The maximum absolute atomic E-state index is 11.8. The van der Waals surface area contributed by atoms with Crippen LogP contribution in [0.15, 0.2) is 24.3 Å². The molecule has 0 aliphatic carbocycles. The van der Waals surface area contributed by atoms with Crippen LogP contribution in [0.4, 0.5) is 5.69 Å². The van der Waals surface area contributed by atoms with E-state index in [9.17, 15) is 16.8 Å². The predicted octanol–water partition coefficient (Wildman–Crippen LogP) is 1.55. The lowest BCUT2D eigenvalue weighted by Gasteiger charge is -2.16. The quantitative estimate of drug-likeness (QED) is 0.772. The van der Waals surface area contributed by atoms with Crippen LogP contribution in [0.2, 0.25) is 0 Å². The molecule has 0 radical (unpaired) electrons. The van der Waals surface area contributed by atoms with E-state index in [0.717, 1.165) is 11.8 Å². The summed E-state index contributed by atoms with van der Waals surface area (Å²) >= 11 is 0. The standard InChI is InChI=1S/C14H24N2O4S2/c1-12(2)9-10-22(19,20)15-11-13-5-7-14(8-6-13)16(3)21(4,17)18/h5-8,12,15H,9-11H2,1-4H3. The largest absolute Gasteiger partial charge is 0.274 e. The molecule has 6 nitrogen and oxygen atoms in total. The minimum absolute atomic E-state index is 0.111. The first-order valence-corrected chi connectivity index (χ1v) is 10.5. The van der Waals surface area contributed by atoms with Gasteiger partial charge in [-0.25, -0.2) is 21.6 Å². The van der Waals surface area contributed by atoms with Crippen molar-refractivity contribution >= 4 is 25.7 Å². The maximum Gasteiger partial charge on any atom is 0.231 e. The van der Waals surface area contributed by atoms with E-state index in [-0.39, 0.29) is 12.3 Å². The highest BCUT2D eigenvalue weighted by Gasteiger charge is 2.13. The summed E-state index contributed by atoms with van der Waals surface area (Å²) in [6, 6.07) is 6.72. The highest BCUT2D eigenvalue weighted by atomic mass is 32.2. The average Bonchev–Trinajstić information content (AvgIpc) is 2.42. The lowest BCUT2D eigenvalue weighted by molar-refractivity contribution is 0.561. The Morgan fingerprint density at radius 3 is 2.09 bits per heavy atom. The summed E-state index contributed by atoms with van der Waals surface area (Å²) in [6.45, 7) is 4.16. The molecule has 1 aromatic carbocycles. The topological polar surface area (TPSA) is 83.6 Å². The Balaban J connectivity index is 2.66. The number of hydrogen-bond acceptors (Lipinski definition) is 4. The Labute approximate surface area is 133 Å². The van der Waals surface area contributed by atoms with Crippen LogP contribution in [0, 0.1) is 5.92 Å². The summed E-state index contributed by atoms with van der Waals surface area (Å²) in [7, 11) is -5.11. The van der Waals surface area contributed by atoms with Crippen molar-refractivity contribution in [2.45, 2.75) is 26.8 Å². The van der Waals surface area contributed by atoms with E-state index in [0.29, 0.717) is 18.0 Å². The molecule has 22 heavy (non-hydrogen) atoms. The molecular weight excluding hydrogens is 324 g/mol. The van der Waals surface area contributed by atoms with E-state index in [1.807, 2.05) is 13.8 Å². The van der Waals surface area contributed by atoms with Crippen LogP contribution in [-0.2, 0) is 26.6 Å². The van der Waals surface area contributed by atoms with Crippen molar-refractivity contribution in [3.8, 4) is 0 Å². The lowest BCUT2D eigenvalue weighted by Crippen LogP contribution is -2.27. The number of sulfonamides is 2. The molecule has 0 fully saturated rings. The smallest absolute Gasteiger partial charge is 0.231 e. The fourth-order valence-corrected chi connectivity index (χ4v) is 3.49. The number of nitrogens with one attached hydrogen (secondary N) is 1. The van der Waals surface area contributed by atoms with Gasteiger partial charge >= 0.3 is 0 Å². The third-order valence-electron chi connectivity index (χ3n) is 3.26. The van der Waals surface area contributed by atoms with Crippen molar-refractivity contribution < 1.29 is 16.8 Å². The molecule has 0 spiro atoms. The molecule has 0 aliphatic heterocycles. The van der Waals surface area contributed by atoms with Crippen LogP contribution in [0.5, 0.6) is 0 Å².